The van der Waals surface area contributed by atoms with E-state index >= 15 is 0 Å². The van der Waals surface area contributed by atoms with Crippen LogP contribution in [-0.2, 0) is 5.41 Å². The lowest BCUT2D eigenvalue weighted by atomic mass is 9.49. The summed E-state index contributed by atoms with van der Waals surface area (Å²) in [6.07, 6.45) is 0. The van der Waals surface area contributed by atoms with Gasteiger partial charge < -0.3 is 4.42 Å². The average Bonchev–Trinajstić information content (AvgIpc) is 3.86. The number of fused-ring (bicyclic) bond motifs is 17. The molecule has 12 aromatic rings. The van der Waals surface area contributed by atoms with Crippen LogP contribution >= 0.6 is 0 Å². The minimum atomic E-state index is -0.301. The molecule has 0 saturated carbocycles. The molecule has 0 unspecified atom stereocenters. The van der Waals surface area contributed by atoms with Gasteiger partial charge in [-0.15, -0.1) is 0 Å². The Labute approximate surface area is 373 Å². The quantitative estimate of drug-likeness (QED) is 0.125. The summed E-state index contributed by atoms with van der Waals surface area (Å²) in [5.41, 5.74) is 12.0. The van der Waals surface area contributed by atoms with Gasteiger partial charge in [0.2, 0.25) is 0 Å². The van der Waals surface area contributed by atoms with Crippen molar-refractivity contribution < 1.29 is 4.42 Å². The van der Waals surface area contributed by atoms with Gasteiger partial charge in [-0.3, -0.25) is 0 Å². The maximum absolute atomic E-state index is 6.58. The molecule has 0 aliphatic heterocycles. The molecule has 1 nitrogen and oxygen atoms in total. The van der Waals surface area contributed by atoms with E-state index in [1.165, 1.54) is 104 Å². The highest BCUT2D eigenvalue weighted by Gasteiger charge is 2.59. The van der Waals surface area contributed by atoms with Gasteiger partial charge in [0, 0.05) is 21.6 Å². The van der Waals surface area contributed by atoms with E-state index in [0.717, 1.165) is 27.3 Å². The third-order valence-electron chi connectivity index (χ3n) is 15.1. The topological polar surface area (TPSA) is 13.1 Å². The second-order valence-electron chi connectivity index (χ2n) is 20.3. The Bertz CT molecular complexity index is 3900. The first kappa shape index (κ1) is 37.3. The van der Waals surface area contributed by atoms with Crippen molar-refractivity contribution in [3.8, 4) is 33.4 Å². The van der Waals surface area contributed by atoms with Crippen molar-refractivity contribution in [1.82, 2.24) is 0 Å². The second-order valence-corrected chi connectivity index (χ2v) is 20.3. The zero-order valence-corrected chi connectivity index (χ0v) is 37.2. The van der Waals surface area contributed by atoms with Gasteiger partial charge in [0.1, 0.15) is 11.2 Å². The molecule has 13 rings (SSSR count). The van der Waals surface area contributed by atoms with Gasteiger partial charge >= 0.3 is 0 Å². The van der Waals surface area contributed by atoms with Crippen LogP contribution in [0.4, 0.5) is 0 Å². The molecule has 0 fully saturated rings. The van der Waals surface area contributed by atoms with Crippen molar-refractivity contribution >= 4 is 86.6 Å². The summed E-state index contributed by atoms with van der Waals surface area (Å²) >= 11 is 0. The minimum Gasteiger partial charge on any atom is -0.455 e. The minimum absolute atomic E-state index is 0.120. The van der Waals surface area contributed by atoms with Gasteiger partial charge in [-0.2, -0.15) is 0 Å². The molecule has 64 heavy (non-hydrogen) atoms. The van der Waals surface area contributed by atoms with Crippen molar-refractivity contribution in [3.63, 3.8) is 0 Å². The molecular weight excluding hydrogens is 773 g/mol. The summed E-state index contributed by atoms with van der Waals surface area (Å²) in [5.74, 6) is 0. The van der Waals surface area contributed by atoms with Crippen molar-refractivity contribution in [3.05, 3.63) is 193 Å². The summed E-state index contributed by atoms with van der Waals surface area (Å²) in [5, 5.41) is 17.6. The first-order chi connectivity index (χ1) is 31.0. The smallest absolute Gasteiger partial charge is 0.143 e. The van der Waals surface area contributed by atoms with Crippen LogP contribution in [0.1, 0.15) is 52.7 Å². The van der Waals surface area contributed by atoms with Crippen LogP contribution in [0.15, 0.2) is 186 Å². The first-order valence-electron chi connectivity index (χ1n) is 22.8. The van der Waals surface area contributed by atoms with E-state index in [-0.39, 0.29) is 16.2 Å². The Morgan fingerprint density at radius 3 is 1.41 bits per heavy atom. The Hall–Kier alpha value is -7.22. The maximum Gasteiger partial charge on any atom is 0.143 e. The number of hydrogen-bond donors (Lipinski definition) is 0. The van der Waals surface area contributed by atoms with E-state index < -0.39 is 0 Å². The van der Waals surface area contributed by atoms with Gasteiger partial charge in [0.15, 0.2) is 0 Å². The van der Waals surface area contributed by atoms with Gasteiger partial charge in [-0.1, -0.05) is 199 Å². The van der Waals surface area contributed by atoms with Crippen LogP contribution in [0.5, 0.6) is 0 Å². The summed E-state index contributed by atoms with van der Waals surface area (Å²) in [7, 11) is 0. The van der Waals surface area contributed by atoms with E-state index in [0.29, 0.717) is 0 Å². The highest BCUT2D eigenvalue weighted by atomic mass is 16.3. The monoisotopic (exact) mass is 820 g/mol. The van der Waals surface area contributed by atoms with Crippen molar-refractivity contribution in [1.29, 1.82) is 0 Å². The molecular formula is C63H48O. The fraction of sp³-hybridized carbons (Fsp3) is 0.143. The molecule has 1 aromatic heterocycles. The number of rotatable bonds is 2. The molecule has 0 bridgehead atoms. The Morgan fingerprint density at radius 1 is 0.328 bits per heavy atom. The molecule has 0 radical (unpaired) electrons. The molecule has 0 N–H and O–H groups in total. The standard InChI is InChI=1S/C63H48O/c1-61(2,3)63(62(4,5)6)58-41-31-29-39(35-38(41)28-33-52(58)57-45-21-11-9-19-43(45)44-20-10-16-26-50(44)59(57)63)55-46-22-12-14-24-48(46)56(49-25-15-13-23-47(49)55)40-30-34-54-53(36-40)51-32-27-37-17-7-8-18-42(37)60(51)64-54/h7-36H,1-6H3. The average molecular weight is 821 g/mol. The highest BCUT2D eigenvalue weighted by Crippen LogP contribution is 2.68. The lowest BCUT2D eigenvalue weighted by molar-refractivity contribution is 0.0977. The lowest BCUT2D eigenvalue weighted by Gasteiger charge is -2.54. The molecule has 0 amide bonds. The Kier molecular flexibility index (Phi) is 7.54. The third kappa shape index (κ3) is 4.79. The third-order valence-corrected chi connectivity index (χ3v) is 15.1. The van der Waals surface area contributed by atoms with E-state index in [9.17, 15) is 0 Å². The lowest BCUT2D eigenvalue weighted by Crippen LogP contribution is -2.50. The van der Waals surface area contributed by atoms with E-state index in [4.69, 9.17) is 4.42 Å². The summed E-state index contributed by atoms with van der Waals surface area (Å²) in [6.45, 7) is 14.9. The first-order valence-corrected chi connectivity index (χ1v) is 22.8. The molecule has 0 spiro atoms. The van der Waals surface area contributed by atoms with Crippen LogP contribution in [0, 0.1) is 10.8 Å². The van der Waals surface area contributed by atoms with Gasteiger partial charge in [-0.25, -0.2) is 0 Å². The van der Waals surface area contributed by atoms with E-state index in [1.807, 2.05) is 0 Å². The maximum atomic E-state index is 6.58. The largest absolute Gasteiger partial charge is 0.455 e. The molecule has 1 heterocycles. The molecule has 1 heteroatoms. The zero-order chi connectivity index (χ0) is 43.3. The van der Waals surface area contributed by atoms with Gasteiger partial charge in [0.25, 0.3) is 0 Å². The Balaban J connectivity index is 1.07. The predicted octanol–water partition coefficient (Wildman–Crippen LogP) is 18.2. The van der Waals surface area contributed by atoms with Crippen LogP contribution in [-0.4, -0.2) is 0 Å². The van der Waals surface area contributed by atoms with Crippen LogP contribution in [0.2, 0.25) is 0 Å². The fourth-order valence-corrected chi connectivity index (χ4v) is 13.1. The molecule has 11 aromatic carbocycles. The van der Waals surface area contributed by atoms with Crippen molar-refractivity contribution in [2.24, 2.45) is 10.8 Å². The van der Waals surface area contributed by atoms with Gasteiger partial charge in [0.05, 0.1) is 0 Å². The summed E-state index contributed by atoms with van der Waals surface area (Å²) in [6, 6.07) is 68.2. The second kappa shape index (κ2) is 12.9. The number of furan rings is 1. The molecule has 0 saturated heterocycles. The van der Waals surface area contributed by atoms with Crippen molar-refractivity contribution in [2.45, 2.75) is 47.0 Å². The van der Waals surface area contributed by atoms with E-state index in [1.54, 1.807) is 0 Å². The summed E-state index contributed by atoms with van der Waals surface area (Å²) < 4.78 is 6.58. The Morgan fingerprint density at radius 2 is 0.797 bits per heavy atom. The molecule has 0 atom stereocenters. The SMILES string of the molecule is CC(C)(C)C1(C(C)(C)C)c2c(ccc3cc(-c4c5ccccc5c(-c5ccc6oc7c8ccccc8ccc7c6c5)c5ccccc45)ccc23)-c2c1c1ccccc1c1ccccc21. The molecule has 1 aliphatic rings. The van der Waals surface area contributed by atoms with Crippen LogP contribution < -0.4 is 0 Å². The summed E-state index contributed by atoms with van der Waals surface area (Å²) in [4.78, 5) is 0. The molecule has 306 valence electrons. The van der Waals surface area contributed by atoms with E-state index in [2.05, 4.69) is 224 Å². The number of benzene rings is 11. The number of hydrogen-bond acceptors (Lipinski definition) is 1. The van der Waals surface area contributed by atoms with Crippen LogP contribution in [0.25, 0.3) is 120 Å². The molecule has 1 aliphatic carbocycles. The van der Waals surface area contributed by atoms with Crippen LogP contribution in [0.3, 0.4) is 0 Å². The van der Waals surface area contributed by atoms with Gasteiger partial charge in [-0.05, 0) is 139 Å². The zero-order valence-electron chi connectivity index (χ0n) is 37.2. The normalized spacial score (nSPS) is 13.9. The highest BCUT2D eigenvalue weighted by molar-refractivity contribution is 6.24. The fourth-order valence-electron chi connectivity index (χ4n) is 13.1. The predicted molar refractivity (Wildman–Crippen MR) is 275 cm³/mol. The van der Waals surface area contributed by atoms with Crippen molar-refractivity contribution in [2.75, 3.05) is 0 Å².